The summed E-state index contributed by atoms with van der Waals surface area (Å²) in [5, 5.41) is 0. The van der Waals surface area contributed by atoms with Gasteiger partial charge in [0.25, 0.3) is 0 Å². The van der Waals surface area contributed by atoms with Crippen molar-refractivity contribution in [3.05, 3.63) is 35.9 Å². The highest BCUT2D eigenvalue weighted by Crippen LogP contribution is 2.35. The average Bonchev–Trinajstić information content (AvgIpc) is 2.56. The molecule has 0 saturated heterocycles. The molecule has 4 heteroatoms. The van der Waals surface area contributed by atoms with Crippen LogP contribution in [0.5, 0.6) is 0 Å². The number of ether oxygens (including phenoxy) is 1. The number of benzene rings is 1. The zero-order valence-electron chi connectivity index (χ0n) is 16.0. The smallest absolute Gasteiger partial charge is 0.0608 e. The third kappa shape index (κ3) is 7.86. The lowest BCUT2D eigenvalue weighted by Gasteiger charge is -2.37. The van der Waals surface area contributed by atoms with Crippen molar-refractivity contribution in [2.75, 3.05) is 25.6 Å². The fourth-order valence-electron chi connectivity index (χ4n) is 3.87. The summed E-state index contributed by atoms with van der Waals surface area (Å²) < 4.78 is 6.36. The van der Waals surface area contributed by atoms with Crippen molar-refractivity contribution in [3.63, 3.8) is 0 Å². The van der Waals surface area contributed by atoms with E-state index in [-0.39, 0.29) is 12.4 Å². The van der Waals surface area contributed by atoms with Gasteiger partial charge in [-0.05, 0) is 36.2 Å². The fourth-order valence-corrected chi connectivity index (χ4v) is 4.11. The first kappa shape index (κ1) is 22.8. The zero-order valence-corrected chi connectivity index (χ0v) is 17.6. The van der Waals surface area contributed by atoms with Gasteiger partial charge in [0, 0.05) is 25.5 Å². The van der Waals surface area contributed by atoms with E-state index in [1.54, 1.807) is 0 Å². The standard InChI is InChI=1S/C21H34ClNO.ClH/c1-17(2)20-10-9-18(3)15-21(20)24-14-13-23(12-11-22)16-19-7-5-4-6-8-19;/h4-8,17-18,20-21H,9-16H2,1-3H3;1H/t18-,20+,21-;/m1./s1. The van der Waals surface area contributed by atoms with Crippen LogP contribution in [0.3, 0.4) is 0 Å². The highest BCUT2D eigenvalue weighted by atomic mass is 35.5. The quantitative estimate of drug-likeness (QED) is 0.509. The highest BCUT2D eigenvalue weighted by molar-refractivity contribution is 6.18. The minimum absolute atomic E-state index is 0. The molecule has 0 unspecified atom stereocenters. The van der Waals surface area contributed by atoms with Crippen LogP contribution < -0.4 is 0 Å². The summed E-state index contributed by atoms with van der Waals surface area (Å²) in [6, 6.07) is 10.6. The molecule has 0 amide bonds. The van der Waals surface area contributed by atoms with E-state index in [9.17, 15) is 0 Å². The highest BCUT2D eigenvalue weighted by Gasteiger charge is 2.31. The zero-order chi connectivity index (χ0) is 17.4. The maximum Gasteiger partial charge on any atom is 0.0608 e. The molecule has 2 nitrogen and oxygen atoms in total. The maximum atomic E-state index is 6.36. The largest absolute Gasteiger partial charge is 0.377 e. The molecule has 3 atom stereocenters. The van der Waals surface area contributed by atoms with E-state index in [2.05, 4.69) is 56.0 Å². The summed E-state index contributed by atoms with van der Waals surface area (Å²) >= 11 is 5.99. The van der Waals surface area contributed by atoms with Gasteiger partial charge in [0.15, 0.2) is 0 Å². The fraction of sp³-hybridized carbons (Fsp3) is 0.714. The number of rotatable bonds is 9. The third-order valence-electron chi connectivity index (χ3n) is 5.35. The molecule has 1 aromatic carbocycles. The number of hydrogen-bond acceptors (Lipinski definition) is 2. The SMILES string of the molecule is CC(C)[C@@H]1CC[C@@H](C)C[C@H]1OCCN(CCCl)Cc1ccccc1.Cl. The number of alkyl halides is 1. The van der Waals surface area contributed by atoms with Gasteiger partial charge in [-0.3, -0.25) is 4.90 Å². The number of hydrogen-bond donors (Lipinski definition) is 0. The summed E-state index contributed by atoms with van der Waals surface area (Å²) in [4.78, 5) is 2.40. The second-order valence-electron chi connectivity index (χ2n) is 7.69. The van der Waals surface area contributed by atoms with Crippen LogP contribution in [0.4, 0.5) is 0 Å². The van der Waals surface area contributed by atoms with Crippen LogP contribution >= 0.6 is 24.0 Å². The van der Waals surface area contributed by atoms with E-state index in [1.807, 2.05) is 0 Å². The van der Waals surface area contributed by atoms with Crippen molar-refractivity contribution in [2.45, 2.75) is 52.7 Å². The van der Waals surface area contributed by atoms with Crippen molar-refractivity contribution in [2.24, 2.45) is 17.8 Å². The number of nitrogens with zero attached hydrogens (tertiary/aromatic N) is 1. The molecule has 0 aliphatic heterocycles. The first-order valence-corrected chi connectivity index (χ1v) is 10.1. The minimum atomic E-state index is 0. The maximum absolute atomic E-state index is 6.36. The number of halogens is 2. The van der Waals surface area contributed by atoms with Crippen molar-refractivity contribution in [3.8, 4) is 0 Å². The van der Waals surface area contributed by atoms with Crippen molar-refractivity contribution in [1.82, 2.24) is 4.90 Å². The van der Waals surface area contributed by atoms with Gasteiger partial charge in [0.1, 0.15) is 0 Å². The van der Waals surface area contributed by atoms with E-state index in [1.165, 1.54) is 24.8 Å². The van der Waals surface area contributed by atoms with Gasteiger partial charge in [-0.1, -0.05) is 57.5 Å². The van der Waals surface area contributed by atoms with Crippen LogP contribution in [-0.2, 0) is 11.3 Å². The Hall–Kier alpha value is -0.280. The molecule has 1 aliphatic rings. The Balaban J connectivity index is 0.00000312. The first-order chi connectivity index (χ1) is 11.6. The molecule has 0 bridgehead atoms. The molecule has 1 saturated carbocycles. The molecule has 1 aromatic rings. The normalized spacial score (nSPS) is 23.7. The van der Waals surface area contributed by atoms with E-state index in [0.717, 1.165) is 38.1 Å². The van der Waals surface area contributed by atoms with Gasteiger partial charge in [0.2, 0.25) is 0 Å². The minimum Gasteiger partial charge on any atom is -0.377 e. The lowest BCUT2D eigenvalue weighted by Crippen LogP contribution is -2.37. The van der Waals surface area contributed by atoms with Crippen LogP contribution in [0.15, 0.2) is 30.3 Å². The van der Waals surface area contributed by atoms with E-state index >= 15 is 0 Å². The Labute approximate surface area is 165 Å². The predicted molar refractivity (Wildman–Crippen MR) is 111 cm³/mol. The Morgan fingerprint density at radius 1 is 1.16 bits per heavy atom. The third-order valence-corrected chi connectivity index (χ3v) is 5.52. The van der Waals surface area contributed by atoms with Crippen molar-refractivity contribution < 1.29 is 4.74 Å². The van der Waals surface area contributed by atoms with E-state index in [4.69, 9.17) is 16.3 Å². The Kier molecular flexibility index (Phi) is 11.1. The first-order valence-electron chi connectivity index (χ1n) is 9.54. The molecule has 1 fully saturated rings. The monoisotopic (exact) mass is 387 g/mol. The molecule has 144 valence electrons. The van der Waals surface area contributed by atoms with Crippen molar-refractivity contribution in [1.29, 1.82) is 0 Å². The Morgan fingerprint density at radius 2 is 1.88 bits per heavy atom. The van der Waals surface area contributed by atoms with Gasteiger partial charge in [0.05, 0.1) is 12.7 Å². The Morgan fingerprint density at radius 3 is 2.52 bits per heavy atom. The van der Waals surface area contributed by atoms with Gasteiger partial charge in [-0.25, -0.2) is 0 Å². The summed E-state index contributed by atoms with van der Waals surface area (Å²) in [5.74, 6) is 2.90. The average molecular weight is 388 g/mol. The van der Waals surface area contributed by atoms with Gasteiger partial charge >= 0.3 is 0 Å². The topological polar surface area (TPSA) is 12.5 Å². The van der Waals surface area contributed by atoms with Crippen LogP contribution in [-0.4, -0.2) is 36.6 Å². The van der Waals surface area contributed by atoms with Crippen LogP contribution in [0.2, 0.25) is 0 Å². The molecule has 25 heavy (non-hydrogen) atoms. The lowest BCUT2D eigenvalue weighted by atomic mass is 9.75. The molecule has 0 aromatic heterocycles. The second-order valence-corrected chi connectivity index (χ2v) is 8.06. The molecular weight excluding hydrogens is 353 g/mol. The lowest BCUT2D eigenvalue weighted by molar-refractivity contribution is -0.0444. The molecule has 0 heterocycles. The van der Waals surface area contributed by atoms with Crippen LogP contribution in [0.25, 0.3) is 0 Å². The van der Waals surface area contributed by atoms with Gasteiger partial charge in [-0.15, -0.1) is 24.0 Å². The summed E-state index contributed by atoms with van der Waals surface area (Å²) in [6.45, 7) is 10.7. The van der Waals surface area contributed by atoms with Crippen LogP contribution in [0, 0.1) is 17.8 Å². The van der Waals surface area contributed by atoms with Gasteiger partial charge in [-0.2, -0.15) is 0 Å². The molecule has 0 radical (unpaired) electrons. The molecule has 0 spiro atoms. The van der Waals surface area contributed by atoms with Gasteiger partial charge < -0.3 is 4.74 Å². The predicted octanol–water partition coefficient (Wildman–Crippen LogP) is 5.63. The van der Waals surface area contributed by atoms with E-state index in [0.29, 0.717) is 17.9 Å². The molecular formula is C21H35Cl2NO. The van der Waals surface area contributed by atoms with Crippen LogP contribution in [0.1, 0.15) is 45.6 Å². The van der Waals surface area contributed by atoms with E-state index < -0.39 is 0 Å². The Bertz CT molecular complexity index is 454. The molecule has 1 aliphatic carbocycles. The summed E-state index contributed by atoms with van der Waals surface area (Å²) in [7, 11) is 0. The summed E-state index contributed by atoms with van der Waals surface area (Å²) in [6.07, 6.45) is 4.33. The summed E-state index contributed by atoms with van der Waals surface area (Å²) in [5.41, 5.74) is 1.34. The molecule has 2 rings (SSSR count). The van der Waals surface area contributed by atoms with Crippen molar-refractivity contribution >= 4 is 24.0 Å². The second kappa shape index (κ2) is 12.2. The molecule has 0 N–H and O–H groups in total.